The topological polar surface area (TPSA) is 71.1 Å². The summed E-state index contributed by atoms with van der Waals surface area (Å²) >= 11 is 1.45. The highest BCUT2D eigenvalue weighted by molar-refractivity contribution is 7.99. The first-order valence-electron chi connectivity index (χ1n) is 8.40. The summed E-state index contributed by atoms with van der Waals surface area (Å²) in [6.07, 6.45) is 1.68. The van der Waals surface area contributed by atoms with Crippen LogP contribution < -0.4 is 10.6 Å². The average molecular weight is 377 g/mol. The van der Waals surface area contributed by atoms with Crippen LogP contribution in [0.1, 0.15) is 22.8 Å². The minimum absolute atomic E-state index is 0.139. The van der Waals surface area contributed by atoms with Crippen LogP contribution in [0.5, 0.6) is 0 Å². The van der Waals surface area contributed by atoms with Crippen molar-refractivity contribution < 1.29 is 9.59 Å². The SMILES string of the molecule is CC(=O)Nc1ccc(NC(=O)c2cccnc2Sc2ccc(C)cc2)cc1. The van der Waals surface area contributed by atoms with Gasteiger partial charge in [-0.3, -0.25) is 9.59 Å². The van der Waals surface area contributed by atoms with Crippen molar-refractivity contribution in [1.82, 2.24) is 4.98 Å². The van der Waals surface area contributed by atoms with Gasteiger partial charge in [0.1, 0.15) is 5.03 Å². The van der Waals surface area contributed by atoms with Gasteiger partial charge in [0, 0.05) is 29.4 Å². The maximum Gasteiger partial charge on any atom is 0.258 e. The van der Waals surface area contributed by atoms with Gasteiger partial charge in [-0.25, -0.2) is 4.98 Å². The quantitative estimate of drug-likeness (QED) is 0.673. The summed E-state index contributed by atoms with van der Waals surface area (Å²) in [6, 6.07) is 18.5. The lowest BCUT2D eigenvalue weighted by atomic mass is 10.2. The zero-order valence-corrected chi connectivity index (χ0v) is 15.8. The number of rotatable bonds is 5. The fourth-order valence-electron chi connectivity index (χ4n) is 2.40. The van der Waals surface area contributed by atoms with Gasteiger partial charge in [-0.2, -0.15) is 0 Å². The van der Waals surface area contributed by atoms with Crippen LogP contribution in [0.3, 0.4) is 0 Å². The Morgan fingerprint density at radius 1 is 0.889 bits per heavy atom. The molecule has 0 spiro atoms. The first kappa shape index (κ1) is 18.7. The van der Waals surface area contributed by atoms with Gasteiger partial charge in [-0.1, -0.05) is 29.5 Å². The Bertz CT molecular complexity index is 954. The van der Waals surface area contributed by atoms with Gasteiger partial charge in [-0.05, 0) is 55.5 Å². The Morgan fingerprint density at radius 3 is 2.15 bits per heavy atom. The fraction of sp³-hybridized carbons (Fsp3) is 0.0952. The molecule has 136 valence electrons. The second-order valence-electron chi connectivity index (χ2n) is 5.98. The summed E-state index contributed by atoms with van der Waals surface area (Å²) in [5.41, 5.74) is 3.01. The number of benzene rings is 2. The van der Waals surface area contributed by atoms with E-state index in [1.165, 1.54) is 24.2 Å². The molecule has 3 aromatic rings. The molecule has 0 unspecified atom stereocenters. The van der Waals surface area contributed by atoms with Crippen LogP contribution in [-0.4, -0.2) is 16.8 Å². The van der Waals surface area contributed by atoms with E-state index in [9.17, 15) is 9.59 Å². The van der Waals surface area contributed by atoms with Gasteiger partial charge in [-0.15, -0.1) is 0 Å². The normalized spacial score (nSPS) is 10.3. The number of nitrogens with one attached hydrogen (secondary N) is 2. The third kappa shape index (κ3) is 5.18. The first-order valence-corrected chi connectivity index (χ1v) is 9.21. The van der Waals surface area contributed by atoms with Crippen LogP contribution in [0.15, 0.2) is 76.8 Å². The molecule has 2 N–H and O–H groups in total. The molecule has 27 heavy (non-hydrogen) atoms. The number of anilines is 2. The molecular weight excluding hydrogens is 358 g/mol. The van der Waals surface area contributed by atoms with Crippen molar-refractivity contribution in [1.29, 1.82) is 0 Å². The van der Waals surface area contributed by atoms with Crippen LogP contribution in [-0.2, 0) is 4.79 Å². The lowest BCUT2D eigenvalue weighted by Gasteiger charge is -2.10. The summed E-state index contributed by atoms with van der Waals surface area (Å²) in [7, 11) is 0. The predicted molar refractivity (Wildman–Crippen MR) is 108 cm³/mol. The molecule has 0 aliphatic rings. The Morgan fingerprint density at radius 2 is 1.52 bits per heavy atom. The number of amides is 2. The maximum atomic E-state index is 12.7. The van der Waals surface area contributed by atoms with E-state index in [2.05, 4.69) is 15.6 Å². The highest BCUT2D eigenvalue weighted by Crippen LogP contribution is 2.29. The first-order chi connectivity index (χ1) is 13.0. The van der Waals surface area contributed by atoms with Crippen LogP contribution in [0.2, 0.25) is 0 Å². The van der Waals surface area contributed by atoms with Crippen molar-refractivity contribution in [2.24, 2.45) is 0 Å². The third-order valence-electron chi connectivity index (χ3n) is 3.71. The highest BCUT2D eigenvalue weighted by Gasteiger charge is 2.14. The number of hydrogen-bond donors (Lipinski definition) is 2. The summed E-state index contributed by atoms with van der Waals surface area (Å²) in [4.78, 5) is 29.2. The van der Waals surface area contributed by atoms with E-state index in [0.29, 0.717) is 22.0 Å². The van der Waals surface area contributed by atoms with E-state index in [1.807, 2.05) is 31.2 Å². The number of aryl methyl sites for hydroxylation is 1. The monoisotopic (exact) mass is 377 g/mol. The summed E-state index contributed by atoms with van der Waals surface area (Å²) in [5.74, 6) is -0.370. The van der Waals surface area contributed by atoms with Crippen molar-refractivity contribution >= 4 is 35.0 Å². The smallest absolute Gasteiger partial charge is 0.258 e. The Balaban J connectivity index is 1.75. The number of carbonyl (C=O) groups excluding carboxylic acids is 2. The van der Waals surface area contributed by atoms with Gasteiger partial charge in [0.15, 0.2) is 0 Å². The molecule has 0 bridgehead atoms. The molecule has 0 saturated heterocycles. The molecule has 5 nitrogen and oxygen atoms in total. The fourth-order valence-corrected chi connectivity index (χ4v) is 3.28. The number of hydrogen-bond acceptors (Lipinski definition) is 4. The van der Waals surface area contributed by atoms with Crippen molar-refractivity contribution in [3.8, 4) is 0 Å². The van der Waals surface area contributed by atoms with Crippen LogP contribution in [0, 0.1) is 6.92 Å². The van der Waals surface area contributed by atoms with E-state index in [4.69, 9.17) is 0 Å². The zero-order valence-electron chi connectivity index (χ0n) is 15.0. The molecule has 1 heterocycles. The number of aromatic nitrogens is 1. The van der Waals surface area contributed by atoms with E-state index in [0.717, 1.165) is 4.90 Å². The molecule has 2 aromatic carbocycles. The van der Waals surface area contributed by atoms with Gasteiger partial charge < -0.3 is 10.6 Å². The standard InChI is InChI=1S/C21H19N3O2S/c1-14-5-11-18(12-6-14)27-21-19(4-3-13-22-21)20(26)24-17-9-7-16(8-10-17)23-15(2)25/h3-13H,1-2H3,(H,23,25)(H,24,26). The van der Waals surface area contributed by atoms with Crippen molar-refractivity contribution in [3.05, 3.63) is 78.0 Å². The van der Waals surface area contributed by atoms with E-state index in [-0.39, 0.29) is 11.8 Å². The predicted octanol–water partition coefficient (Wildman–Crippen LogP) is 4.75. The van der Waals surface area contributed by atoms with Crippen molar-refractivity contribution in [2.45, 2.75) is 23.8 Å². The third-order valence-corrected chi connectivity index (χ3v) is 4.74. The van der Waals surface area contributed by atoms with Crippen molar-refractivity contribution in [3.63, 3.8) is 0 Å². The average Bonchev–Trinajstić information content (AvgIpc) is 2.65. The van der Waals surface area contributed by atoms with Crippen LogP contribution in [0.4, 0.5) is 11.4 Å². The second kappa shape index (κ2) is 8.51. The molecular formula is C21H19N3O2S. The molecule has 0 aliphatic carbocycles. The van der Waals surface area contributed by atoms with Gasteiger partial charge in [0.25, 0.3) is 5.91 Å². The maximum absolute atomic E-state index is 12.7. The second-order valence-corrected chi connectivity index (χ2v) is 7.05. The lowest BCUT2D eigenvalue weighted by molar-refractivity contribution is -0.114. The van der Waals surface area contributed by atoms with E-state index in [1.54, 1.807) is 42.6 Å². The molecule has 3 rings (SSSR count). The van der Waals surface area contributed by atoms with Gasteiger partial charge >= 0.3 is 0 Å². The lowest BCUT2D eigenvalue weighted by Crippen LogP contribution is -2.13. The molecule has 0 aliphatic heterocycles. The Hall–Kier alpha value is -3.12. The molecule has 6 heteroatoms. The zero-order chi connectivity index (χ0) is 19.2. The molecule has 0 atom stereocenters. The van der Waals surface area contributed by atoms with Crippen LogP contribution >= 0.6 is 11.8 Å². The summed E-state index contributed by atoms with van der Waals surface area (Å²) in [6.45, 7) is 3.48. The number of nitrogens with zero attached hydrogens (tertiary/aromatic N) is 1. The minimum Gasteiger partial charge on any atom is -0.326 e. The van der Waals surface area contributed by atoms with Gasteiger partial charge in [0.2, 0.25) is 5.91 Å². The Labute approximate surface area is 162 Å². The number of carbonyl (C=O) groups is 2. The largest absolute Gasteiger partial charge is 0.326 e. The molecule has 0 saturated carbocycles. The molecule has 2 amide bonds. The summed E-state index contributed by atoms with van der Waals surface area (Å²) < 4.78 is 0. The molecule has 0 radical (unpaired) electrons. The van der Waals surface area contributed by atoms with E-state index >= 15 is 0 Å². The van der Waals surface area contributed by atoms with Crippen LogP contribution in [0.25, 0.3) is 0 Å². The highest BCUT2D eigenvalue weighted by atomic mass is 32.2. The molecule has 0 fully saturated rings. The van der Waals surface area contributed by atoms with Gasteiger partial charge in [0.05, 0.1) is 5.56 Å². The molecule has 1 aromatic heterocycles. The summed E-state index contributed by atoms with van der Waals surface area (Å²) in [5, 5.41) is 6.21. The number of pyridine rings is 1. The van der Waals surface area contributed by atoms with E-state index < -0.39 is 0 Å². The Kier molecular flexibility index (Phi) is 5.88. The van der Waals surface area contributed by atoms with Crippen molar-refractivity contribution in [2.75, 3.05) is 10.6 Å². The minimum atomic E-state index is -0.231.